The van der Waals surface area contributed by atoms with E-state index in [0.29, 0.717) is 24.2 Å². The van der Waals surface area contributed by atoms with Gasteiger partial charge in [0.05, 0.1) is 11.8 Å². The summed E-state index contributed by atoms with van der Waals surface area (Å²) in [7, 11) is 0. The Bertz CT molecular complexity index is 622. The molecule has 0 bridgehead atoms. The average molecular weight is 302 g/mol. The predicted octanol–water partition coefficient (Wildman–Crippen LogP) is 3.53. The van der Waals surface area contributed by atoms with Gasteiger partial charge in [-0.3, -0.25) is 4.68 Å². The Kier molecular flexibility index (Phi) is 4.32. The van der Waals surface area contributed by atoms with E-state index in [0.717, 1.165) is 12.5 Å². The molecule has 0 saturated carbocycles. The smallest absolute Gasteiger partial charge is 0.384 e. The molecule has 114 valence electrons. The summed E-state index contributed by atoms with van der Waals surface area (Å²) in [4.78, 5) is 0. The molecular weight excluding hydrogens is 288 g/mol. The van der Waals surface area contributed by atoms with E-state index in [1.165, 1.54) is 6.20 Å². The fourth-order valence-electron chi connectivity index (χ4n) is 1.99. The lowest BCUT2D eigenvalue weighted by Crippen LogP contribution is -2.10. The lowest BCUT2D eigenvalue weighted by Gasteiger charge is -2.13. The molecule has 0 aliphatic carbocycles. The van der Waals surface area contributed by atoms with Gasteiger partial charge in [-0.05, 0) is 24.1 Å². The zero-order chi connectivity index (χ0) is 15.6. The van der Waals surface area contributed by atoms with Crippen molar-refractivity contribution in [3.05, 3.63) is 53.1 Å². The van der Waals surface area contributed by atoms with Crippen molar-refractivity contribution in [1.29, 1.82) is 0 Å². The molecule has 0 fully saturated rings. The van der Waals surface area contributed by atoms with E-state index >= 15 is 0 Å². The molecule has 1 aromatic carbocycles. The molecule has 1 unspecified atom stereocenters. The minimum absolute atomic E-state index is 0.0280. The van der Waals surface area contributed by atoms with Crippen molar-refractivity contribution in [2.45, 2.75) is 32.2 Å². The fourth-order valence-corrected chi connectivity index (χ4v) is 1.99. The van der Waals surface area contributed by atoms with Crippen molar-refractivity contribution < 1.29 is 22.7 Å². The minimum atomic E-state index is -4.80. The first-order chi connectivity index (χ1) is 9.82. The van der Waals surface area contributed by atoms with Gasteiger partial charge in [-0.25, -0.2) is 4.39 Å². The number of halogens is 4. The number of rotatable bonds is 4. The molecule has 0 radical (unpaired) electrons. The summed E-state index contributed by atoms with van der Waals surface area (Å²) in [5.74, 6) is -1.36. The van der Waals surface area contributed by atoms with Crippen LogP contribution in [0.15, 0.2) is 30.6 Å². The van der Waals surface area contributed by atoms with Crippen LogP contribution in [0.1, 0.15) is 36.1 Å². The molecule has 0 aliphatic rings. The maximum absolute atomic E-state index is 13.2. The van der Waals surface area contributed by atoms with Gasteiger partial charge in [0.2, 0.25) is 0 Å². The normalized spacial score (nSPS) is 13.4. The molecular formula is C14H14F4N2O. The van der Waals surface area contributed by atoms with Gasteiger partial charge < -0.3 is 5.11 Å². The van der Waals surface area contributed by atoms with E-state index in [4.69, 9.17) is 0 Å². The molecule has 0 spiro atoms. The summed E-state index contributed by atoms with van der Waals surface area (Å²) in [6.45, 7) is 2.59. The molecule has 2 rings (SSSR count). The van der Waals surface area contributed by atoms with Crippen LogP contribution >= 0.6 is 0 Å². The Morgan fingerprint density at radius 3 is 2.62 bits per heavy atom. The molecule has 2 aromatic rings. The van der Waals surface area contributed by atoms with Crippen molar-refractivity contribution in [3.8, 4) is 0 Å². The Labute approximate surface area is 118 Å². The lowest BCUT2D eigenvalue weighted by atomic mass is 10.0. The first-order valence-electron chi connectivity index (χ1n) is 6.40. The summed E-state index contributed by atoms with van der Waals surface area (Å²) in [6, 6.07) is 2.46. The SMILES string of the molecule is CCCn1cc(C(O)c2ccc(F)c(C(F)(F)F)c2)cn1. The molecule has 21 heavy (non-hydrogen) atoms. The van der Waals surface area contributed by atoms with Crippen molar-refractivity contribution >= 4 is 0 Å². The Morgan fingerprint density at radius 2 is 2.00 bits per heavy atom. The second-order valence-electron chi connectivity index (χ2n) is 4.68. The van der Waals surface area contributed by atoms with E-state index in [2.05, 4.69) is 5.10 Å². The number of alkyl halides is 3. The van der Waals surface area contributed by atoms with Crippen molar-refractivity contribution in [2.24, 2.45) is 0 Å². The van der Waals surface area contributed by atoms with E-state index in [9.17, 15) is 22.7 Å². The highest BCUT2D eigenvalue weighted by Gasteiger charge is 2.34. The van der Waals surface area contributed by atoms with Crippen LogP contribution in [0.25, 0.3) is 0 Å². The minimum Gasteiger partial charge on any atom is -0.384 e. The number of aromatic nitrogens is 2. The summed E-state index contributed by atoms with van der Waals surface area (Å²) in [5.41, 5.74) is -1.05. The quantitative estimate of drug-likeness (QED) is 0.877. The lowest BCUT2D eigenvalue weighted by molar-refractivity contribution is -0.140. The monoisotopic (exact) mass is 302 g/mol. The largest absolute Gasteiger partial charge is 0.419 e. The van der Waals surface area contributed by atoms with Gasteiger partial charge in [0.1, 0.15) is 11.9 Å². The molecule has 0 saturated heterocycles. The zero-order valence-electron chi connectivity index (χ0n) is 11.2. The van der Waals surface area contributed by atoms with Gasteiger partial charge in [0, 0.05) is 18.3 Å². The zero-order valence-corrected chi connectivity index (χ0v) is 11.2. The van der Waals surface area contributed by atoms with E-state index < -0.39 is 23.7 Å². The van der Waals surface area contributed by atoms with Crippen LogP contribution in [-0.2, 0) is 12.7 Å². The summed E-state index contributed by atoms with van der Waals surface area (Å²) in [6.07, 6.45) is -2.29. The molecule has 1 N–H and O–H groups in total. The van der Waals surface area contributed by atoms with E-state index in [-0.39, 0.29) is 5.56 Å². The van der Waals surface area contributed by atoms with Crippen molar-refractivity contribution in [2.75, 3.05) is 0 Å². The Hall–Kier alpha value is -1.89. The van der Waals surface area contributed by atoms with E-state index in [1.54, 1.807) is 10.9 Å². The van der Waals surface area contributed by atoms with Crippen molar-refractivity contribution in [1.82, 2.24) is 9.78 Å². The number of aliphatic hydroxyl groups is 1. The molecule has 1 atom stereocenters. The molecule has 1 aromatic heterocycles. The number of aliphatic hydroxyl groups excluding tert-OH is 1. The van der Waals surface area contributed by atoms with Gasteiger partial charge >= 0.3 is 6.18 Å². The highest BCUT2D eigenvalue weighted by Crippen LogP contribution is 2.34. The average Bonchev–Trinajstić information content (AvgIpc) is 2.86. The Morgan fingerprint density at radius 1 is 1.29 bits per heavy atom. The third kappa shape index (κ3) is 3.41. The van der Waals surface area contributed by atoms with Crippen LogP contribution in [0.4, 0.5) is 17.6 Å². The molecule has 7 heteroatoms. The van der Waals surface area contributed by atoms with Gasteiger partial charge in [0.15, 0.2) is 0 Å². The van der Waals surface area contributed by atoms with Crippen LogP contribution in [0, 0.1) is 5.82 Å². The van der Waals surface area contributed by atoms with Gasteiger partial charge in [-0.2, -0.15) is 18.3 Å². The topological polar surface area (TPSA) is 38.0 Å². The summed E-state index contributed by atoms with van der Waals surface area (Å²) < 4.78 is 52.8. The summed E-state index contributed by atoms with van der Waals surface area (Å²) >= 11 is 0. The summed E-state index contributed by atoms with van der Waals surface area (Å²) in [5, 5.41) is 14.1. The number of nitrogens with zero attached hydrogens (tertiary/aromatic N) is 2. The first-order valence-corrected chi connectivity index (χ1v) is 6.40. The Balaban J connectivity index is 2.32. The van der Waals surface area contributed by atoms with E-state index in [1.807, 2.05) is 6.92 Å². The molecule has 0 aliphatic heterocycles. The van der Waals surface area contributed by atoms with Crippen LogP contribution in [0.3, 0.4) is 0 Å². The molecule has 1 heterocycles. The van der Waals surface area contributed by atoms with Gasteiger partial charge in [0.25, 0.3) is 0 Å². The standard InChI is InChI=1S/C14H14F4N2O/c1-2-5-20-8-10(7-19-20)13(21)9-3-4-12(15)11(6-9)14(16,17)18/h3-4,6-8,13,21H,2,5H2,1H3. The number of hydrogen-bond acceptors (Lipinski definition) is 2. The highest BCUT2D eigenvalue weighted by atomic mass is 19.4. The second kappa shape index (κ2) is 5.85. The van der Waals surface area contributed by atoms with Gasteiger partial charge in [-0.15, -0.1) is 0 Å². The number of aryl methyl sites for hydroxylation is 1. The highest BCUT2D eigenvalue weighted by molar-refractivity contribution is 5.33. The molecule has 0 amide bonds. The maximum atomic E-state index is 13.2. The first kappa shape index (κ1) is 15.5. The van der Waals surface area contributed by atoms with Gasteiger partial charge in [-0.1, -0.05) is 13.0 Å². The second-order valence-corrected chi connectivity index (χ2v) is 4.68. The fraction of sp³-hybridized carbons (Fsp3) is 0.357. The number of benzene rings is 1. The predicted molar refractivity (Wildman–Crippen MR) is 68.0 cm³/mol. The van der Waals surface area contributed by atoms with Crippen molar-refractivity contribution in [3.63, 3.8) is 0 Å². The molecule has 3 nitrogen and oxygen atoms in total. The number of hydrogen-bond donors (Lipinski definition) is 1. The van der Waals surface area contributed by atoms with Crippen LogP contribution in [0.2, 0.25) is 0 Å². The third-order valence-corrected chi connectivity index (χ3v) is 3.03. The maximum Gasteiger partial charge on any atom is 0.419 e. The van der Waals surface area contributed by atoms with Crippen LogP contribution < -0.4 is 0 Å². The van der Waals surface area contributed by atoms with Crippen LogP contribution in [-0.4, -0.2) is 14.9 Å². The third-order valence-electron chi connectivity index (χ3n) is 3.03. The van der Waals surface area contributed by atoms with Crippen LogP contribution in [0.5, 0.6) is 0 Å².